The van der Waals surface area contributed by atoms with Crippen LogP contribution in [0, 0.1) is 5.92 Å². The normalized spacial score (nSPS) is 27.2. The van der Waals surface area contributed by atoms with E-state index in [1.165, 1.54) is 6.42 Å². The van der Waals surface area contributed by atoms with Gasteiger partial charge in [-0.25, -0.2) is 4.79 Å². The molecule has 4 nitrogen and oxygen atoms in total. The van der Waals surface area contributed by atoms with Crippen LogP contribution < -0.4 is 10.6 Å². The van der Waals surface area contributed by atoms with E-state index in [1.807, 2.05) is 0 Å². The Hall–Kier alpha value is -0.770. The fourth-order valence-electron chi connectivity index (χ4n) is 1.74. The molecule has 13 heavy (non-hydrogen) atoms. The number of nitrogens with one attached hydrogen (secondary N) is 2. The molecule has 0 aromatic heterocycles. The summed E-state index contributed by atoms with van der Waals surface area (Å²) in [4.78, 5) is 11.1. The summed E-state index contributed by atoms with van der Waals surface area (Å²) in [6, 6.07) is 0.168. The Morgan fingerprint density at radius 1 is 1.54 bits per heavy atom. The van der Waals surface area contributed by atoms with Crippen molar-refractivity contribution in [1.29, 1.82) is 0 Å². The summed E-state index contributed by atoms with van der Waals surface area (Å²) in [6.45, 7) is 2.52. The van der Waals surface area contributed by atoms with Crippen LogP contribution in [-0.2, 0) is 0 Å². The van der Waals surface area contributed by atoms with E-state index < -0.39 is 0 Å². The molecule has 1 aliphatic carbocycles. The van der Waals surface area contributed by atoms with Gasteiger partial charge in [-0.15, -0.1) is 0 Å². The van der Waals surface area contributed by atoms with Gasteiger partial charge in [-0.1, -0.05) is 6.92 Å². The lowest BCUT2D eigenvalue weighted by atomic mass is 10.1. The van der Waals surface area contributed by atoms with Crippen molar-refractivity contribution in [3.8, 4) is 0 Å². The Morgan fingerprint density at radius 2 is 2.31 bits per heavy atom. The molecule has 0 spiro atoms. The van der Waals surface area contributed by atoms with Gasteiger partial charge in [0.05, 0.1) is 6.61 Å². The summed E-state index contributed by atoms with van der Waals surface area (Å²) in [6.07, 6.45) is 3.35. The monoisotopic (exact) mass is 186 g/mol. The molecule has 0 heterocycles. The Balaban J connectivity index is 2.13. The molecule has 76 valence electrons. The van der Waals surface area contributed by atoms with Gasteiger partial charge in [0.15, 0.2) is 0 Å². The molecular formula is C9H18N2O2. The SMILES string of the molecule is CC1CCC(NC(=O)NCCO)C1. The first kappa shape index (κ1) is 10.3. The van der Waals surface area contributed by atoms with Gasteiger partial charge < -0.3 is 15.7 Å². The van der Waals surface area contributed by atoms with Crippen LogP contribution in [0.2, 0.25) is 0 Å². The lowest BCUT2D eigenvalue weighted by Gasteiger charge is -2.12. The van der Waals surface area contributed by atoms with Crippen molar-refractivity contribution in [3.63, 3.8) is 0 Å². The van der Waals surface area contributed by atoms with Crippen molar-refractivity contribution in [2.75, 3.05) is 13.2 Å². The number of amides is 2. The summed E-state index contributed by atoms with van der Waals surface area (Å²) in [5, 5.41) is 13.9. The molecule has 0 bridgehead atoms. The molecule has 0 aromatic carbocycles. The van der Waals surface area contributed by atoms with Gasteiger partial charge >= 0.3 is 6.03 Å². The van der Waals surface area contributed by atoms with Gasteiger partial charge in [0, 0.05) is 12.6 Å². The molecule has 4 heteroatoms. The second-order valence-electron chi connectivity index (χ2n) is 3.74. The Morgan fingerprint density at radius 3 is 2.85 bits per heavy atom. The smallest absolute Gasteiger partial charge is 0.315 e. The molecule has 0 radical (unpaired) electrons. The van der Waals surface area contributed by atoms with E-state index >= 15 is 0 Å². The molecular weight excluding hydrogens is 168 g/mol. The minimum absolute atomic E-state index is 0.00547. The highest BCUT2D eigenvalue weighted by atomic mass is 16.3. The van der Waals surface area contributed by atoms with Crippen molar-refractivity contribution < 1.29 is 9.90 Å². The van der Waals surface area contributed by atoms with E-state index in [4.69, 9.17) is 5.11 Å². The summed E-state index contributed by atoms with van der Waals surface area (Å²) in [5.74, 6) is 0.725. The van der Waals surface area contributed by atoms with Crippen LogP contribution in [0.4, 0.5) is 4.79 Å². The molecule has 2 unspecified atom stereocenters. The van der Waals surface area contributed by atoms with Crippen LogP contribution in [0.25, 0.3) is 0 Å². The average Bonchev–Trinajstić information content (AvgIpc) is 2.48. The molecule has 1 rings (SSSR count). The van der Waals surface area contributed by atoms with Crippen LogP contribution in [0.15, 0.2) is 0 Å². The lowest BCUT2D eigenvalue weighted by molar-refractivity contribution is 0.230. The quantitative estimate of drug-likeness (QED) is 0.600. The van der Waals surface area contributed by atoms with E-state index in [-0.39, 0.29) is 12.6 Å². The summed E-state index contributed by atoms with van der Waals surface area (Å²) in [5.41, 5.74) is 0. The molecule has 2 amide bonds. The van der Waals surface area contributed by atoms with Gasteiger partial charge in [0.1, 0.15) is 0 Å². The molecule has 0 aromatic rings. The van der Waals surface area contributed by atoms with Crippen molar-refractivity contribution in [1.82, 2.24) is 10.6 Å². The molecule has 2 atom stereocenters. The number of rotatable bonds is 3. The minimum Gasteiger partial charge on any atom is -0.395 e. The highest BCUT2D eigenvalue weighted by Gasteiger charge is 2.22. The fourth-order valence-corrected chi connectivity index (χ4v) is 1.74. The van der Waals surface area contributed by atoms with E-state index in [9.17, 15) is 4.79 Å². The van der Waals surface area contributed by atoms with Crippen molar-refractivity contribution in [3.05, 3.63) is 0 Å². The average molecular weight is 186 g/mol. The molecule has 1 saturated carbocycles. The highest BCUT2D eigenvalue weighted by Crippen LogP contribution is 2.24. The van der Waals surface area contributed by atoms with Gasteiger partial charge in [-0.2, -0.15) is 0 Å². The number of carbonyl (C=O) groups excluding carboxylic acids is 1. The molecule has 3 N–H and O–H groups in total. The highest BCUT2D eigenvalue weighted by molar-refractivity contribution is 5.74. The topological polar surface area (TPSA) is 61.4 Å². The number of aliphatic hydroxyl groups excluding tert-OH is 1. The zero-order valence-corrected chi connectivity index (χ0v) is 8.05. The third-order valence-electron chi connectivity index (χ3n) is 2.43. The van der Waals surface area contributed by atoms with E-state index in [1.54, 1.807) is 0 Å². The number of hydrogen-bond donors (Lipinski definition) is 3. The maximum atomic E-state index is 11.1. The first-order valence-corrected chi connectivity index (χ1v) is 4.87. The van der Waals surface area contributed by atoms with Crippen LogP contribution in [0.3, 0.4) is 0 Å². The Labute approximate surface area is 78.7 Å². The van der Waals surface area contributed by atoms with Gasteiger partial charge in [-0.3, -0.25) is 0 Å². The first-order valence-electron chi connectivity index (χ1n) is 4.87. The number of carbonyl (C=O) groups is 1. The Kier molecular flexibility index (Phi) is 4.02. The zero-order valence-electron chi connectivity index (χ0n) is 8.05. The standard InChI is InChI=1S/C9H18N2O2/c1-7-2-3-8(6-7)11-9(13)10-4-5-12/h7-8,12H,2-6H2,1H3,(H2,10,11,13). The van der Waals surface area contributed by atoms with Gasteiger partial charge in [0.25, 0.3) is 0 Å². The van der Waals surface area contributed by atoms with Crippen LogP contribution in [0.5, 0.6) is 0 Å². The predicted molar refractivity (Wildman–Crippen MR) is 50.4 cm³/mol. The largest absolute Gasteiger partial charge is 0.395 e. The van der Waals surface area contributed by atoms with Crippen LogP contribution >= 0.6 is 0 Å². The van der Waals surface area contributed by atoms with Crippen LogP contribution in [-0.4, -0.2) is 30.3 Å². The maximum Gasteiger partial charge on any atom is 0.315 e. The van der Waals surface area contributed by atoms with Crippen molar-refractivity contribution in [2.45, 2.75) is 32.2 Å². The minimum atomic E-state index is -0.159. The number of aliphatic hydroxyl groups is 1. The molecule has 0 saturated heterocycles. The fraction of sp³-hybridized carbons (Fsp3) is 0.889. The second-order valence-corrected chi connectivity index (χ2v) is 3.74. The summed E-state index contributed by atoms with van der Waals surface area (Å²) < 4.78 is 0. The van der Waals surface area contributed by atoms with Gasteiger partial charge in [0.2, 0.25) is 0 Å². The lowest BCUT2D eigenvalue weighted by Crippen LogP contribution is -2.41. The number of urea groups is 1. The van der Waals surface area contributed by atoms with E-state index in [0.717, 1.165) is 18.8 Å². The first-order chi connectivity index (χ1) is 6.22. The van der Waals surface area contributed by atoms with Crippen molar-refractivity contribution >= 4 is 6.03 Å². The Bertz CT molecular complexity index is 173. The third kappa shape index (κ3) is 3.63. The summed E-state index contributed by atoms with van der Waals surface area (Å²) >= 11 is 0. The van der Waals surface area contributed by atoms with Crippen molar-refractivity contribution in [2.24, 2.45) is 5.92 Å². The number of hydrogen-bond acceptors (Lipinski definition) is 2. The maximum absolute atomic E-state index is 11.1. The van der Waals surface area contributed by atoms with E-state index in [0.29, 0.717) is 12.6 Å². The zero-order chi connectivity index (χ0) is 9.68. The predicted octanol–water partition coefficient (Wildman–Crippen LogP) is 0.466. The van der Waals surface area contributed by atoms with Gasteiger partial charge in [-0.05, 0) is 25.2 Å². The van der Waals surface area contributed by atoms with Crippen LogP contribution in [0.1, 0.15) is 26.2 Å². The summed E-state index contributed by atoms with van der Waals surface area (Å²) in [7, 11) is 0. The second kappa shape index (κ2) is 5.07. The molecule has 1 fully saturated rings. The van der Waals surface area contributed by atoms with E-state index in [2.05, 4.69) is 17.6 Å². The third-order valence-corrected chi connectivity index (χ3v) is 2.43. The molecule has 1 aliphatic rings. The molecule has 0 aliphatic heterocycles.